The number of benzene rings is 1. The first-order valence-corrected chi connectivity index (χ1v) is 5.47. The molecule has 1 aliphatic rings. The van der Waals surface area contributed by atoms with E-state index >= 15 is 0 Å². The fourth-order valence-electron chi connectivity index (χ4n) is 2.34. The molecule has 6 nitrogen and oxygen atoms in total. The normalized spacial score (nSPS) is 17.5. The monoisotopic (exact) mass is 251 g/mol. The number of Topliss-reactive ketones (excluding diaryl/α,β-unsaturated/α-hetero) is 1. The summed E-state index contributed by atoms with van der Waals surface area (Å²) < 4.78 is 10.1. The van der Waals surface area contributed by atoms with E-state index < -0.39 is 4.92 Å². The number of nitro benzene ring substituents is 1. The Morgan fingerprint density at radius 3 is 2.56 bits per heavy atom. The van der Waals surface area contributed by atoms with Gasteiger partial charge in [-0.2, -0.15) is 0 Å². The minimum Gasteiger partial charge on any atom is -0.493 e. The number of fused-ring (bicyclic) bond motifs is 1. The van der Waals surface area contributed by atoms with Gasteiger partial charge in [-0.1, -0.05) is 6.92 Å². The lowest BCUT2D eigenvalue weighted by molar-refractivity contribution is -0.386. The SMILES string of the molecule is COc1cc2c(c([N+](=O)[O-])c1OC)C(=O)CC2C. The minimum absolute atomic E-state index is 0.00343. The van der Waals surface area contributed by atoms with Crippen molar-refractivity contribution in [2.24, 2.45) is 0 Å². The van der Waals surface area contributed by atoms with Crippen molar-refractivity contribution in [3.63, 3.8) is 0 Å². The van der Waals surface area contributed by atoms with Gasteiger partial charge in [0.2, 0.25) is 5.75 Å². The molecule has 1 aliphatic carbocycles. The first-order valence-electron chi connectivity index (χ1n) is 5.47. The predicted octanol–water partition coefficient (Wildman–Crippen LogP) is 2.30. The van der Waals surface area contributed by atoms with Gasteiger partial charge < -0.3 is 9.47 Å². The largest absolute Gasteiger partial charge is 0.493 e. The van der Waals surface area contributed by atoms with Crippen molar-refractivity contribution < 1.29 is 19.2 Å². The van der Waals surface area contributed by atoms with Crippen LogP contribution in [0.4, 0.5) is 5.69 Å². The molecule has 0 aromatic heterocycles. The number of carbonyl (C=O) groups is 1. The van der Waals surface area contributed by atoms with E-state index in [1.54, 1.807) is 6.07 Å². The van der Waals surface area contributed by atoms with Crippen LogP contribution in [0.25, 0.3) is 0 Å². The molecular weight excluding hydrogens is 238 g/mol. The van der Waals surface area contributed by atoms with Gasteiger partial charge in [-0.15, -0.1) is 0 Å². The Labute approximate surface area is 104 Å². The molecule has 0 N–H and O–H groups in total. The second-order valence-electron chi connectivity index (χ2n) is 4.21. The number of hydrogen-bond acceptors (Lipinski definition) is 5. The quantitative estimate of drug-likeness (QED) is 0.608. The summed E-state index contributed by atoms with van der Waals surface area (Å²) in [6, 6.07) is 1.65. The highest BCUT2D eigenvalue weighted by Crippen LogP contribution is 2.47. The highest BCUT2D eigenvalue weighted by molar-refractivity contribution is 6.06. The Bertz CT molecular complexity index is 538. The van der Waals surface area contributed by atoms with Crippen LogP contribution in [0, 0.1) is 10.1 Å². The van der Waals surface area contributed by atoms with Crippen molar-refractivity contribution in [2.45, 2.75) is 19.3 Å². The Kier molecular flexibility index (Phi) is 2.94. The molecule has 0 amide bonds. The molecule has 18 heavy (non-hydrogen) atoms. The number of carbonyl (C=O) groups excluding carboxylic acids is 1. The molecule has 0 aliphatic heterocycles. The maximum absolute atomic E-state index is 11.9. The lowest BCUT2D eigenvalue weighted by atomic mass is 10.0. The third kappa shape index (κ3) is 1.61. The van der Waals surface area contributed by atoms with Gasteiger partial charge in [0.05, 0.1) is 19.1 Å². The first-order chi connectivity index (χ1) is 8.51. The van der Waals surface area contributed by atoms with Gasteiger partial charge in [-0.3, -0.25) is 14.9 Å². The predicted molar refractivity (Wildman–Crippen MR) is 63.6 cm³/mol. The van der Waals surface area contributed by atoms with Crippen molar-refractivity contribution in [1.82, 2.24) is 0 Å². The zero-order valence-corrected chi connectivity index (χ0v) is 10.4. The third-order valence-corrected chi connectivity index (χ3v) is 3.16. The molecule has 0 heterocycles. The van der Waals surface area contributed by atoms with Crippen LogP contribution in [0.5, 0.6) is 11.5 Å². The van der Waals surface area contributed by atoms with E-state index in [1.165, 1.54) is 14.2 Å². The van der Waals surface area contributed by atoms with E-state index in [1.807, 2.05) is 6.92 Å². The summed E-state index contributed by atoms with van der Waals surface area (Å²) in [6.45, 7) is 1.86. The number of ketones is 1. The van der Waals surface area contributed by atoms with E-state index in [2.05, 4.69) is 0 Å². The Balaban J connectivity index is 2.82. The van der Waals surface area contributed by atoms with Gasteiger partial charge in [-0.25, -0.2) is 0 Å². The van der Waals surface area contributed by atoms with Crippen LogP contribution in [0.15, 0.2) is 6.07 Å². The fourth-order valence-corrected chi connectivity index (χ4v) is 2.34. The highest BCUT2D eigenvalue weighted by Gasteiger charge is 2.38. The molecule has 96 valence electrons. The summed E-state index contributed by atoms with van der Waals surface area (Å²) in [6.07, 6.45) is 0.284. The molecule has 1 unspecified atom stereocenters. The maximum Gasteiger partial charge on any atom is 0.325 e. The summed E-state index contributed by atoms with van der Waals surface area (Å²) in [4.78, 5) is 22.5. The van der Waals surface area contributed by atoms with Gasteiger partial charge in [0.15, 0.2) is 11.5 Å². The summed E-state index contributed by atoms with van der Waals surface area (Å²) in [5, 5.41) is 11.2. The molecule has 1 atom stereocenters. The number of nitrogens with zero attached hydrogens (tertiary/aromatic N) is 1. The van der Waals surface area contributed by atoms with E-state index in [9.17, 15) is 14.9 Å². The van der Waals surface area contributed by atoms with E-state index in [0.29, 0.717) is 5.56 Å². The molecule has 0 fully saturated rings. The van der Waals surface area contributed by atoms with Crippen LogP contribution < -0.4 is 9.47 Å². The molecule has 0 spiro atoms. The second-order valence-corrected chi connectivity index (χ2v) is 4.21. The van der Waals surface area contributed by atoms with E-state index in [4.69, 9.17) is 9.47 Å². The second kappa shape index (κ2) is 4.29. The molecule has 1 aromatic carbocycles. The molecule has 1 aromatic rings. The van der Waals surface area contributed by atoms with Crippen molar-refractivity contribution in [3.05, 3.63) is 27.3 Å². The van der Waals surface area contributed by atoms with Crippen LogP contribution in [-0.2, 0) is 0 Å². The Hall–Kier alpha value is -2.11. The zero-order chi connectivity index (χ0) is 13.4. The highest BCUT2D eigenvalue weighted by atomic mass is 16.6. The number of nitro groups is 1. The van der Waals surface area contributed by atoms with Crippen LogP contribution in [0.1, 0.15) is 35.2 Å². The average molecular weight is 251 g/mol. The van der Waals surface area contributed by atoms with Crippen LogP contribution in [-0.4, -0.2) is 24.9 Å². The molecule has 0 radical (unpaired) electrons. The van der Waals surface area contributed by atoms with E-state index in [0.717, 1.165) is 0 Å². The smallest absolute Gasteiger partial charge is 0.325 e. The molecule has 2 rings (SSSR count). The fraction of sp³-hybridized carbons (Fsp3) is 0.417. The average Bonchev–Trinajstić information content (AvgIpc) is 2.62. The molecule has 0 saturated carbocycles. The van der Waals surface area contributed by atoms with Crippen LogP contribution in [0.3, 0.4) is 0 Å². The minimum atomic E-state index is -0.587. The summed E-state index contributed by atoms with van der Waals surface area (Å²) in [7, 11) is 2.73. The number of methoxy groups -OCH3 is 2. The third-order valence-electron chi connectivity index (χ3n) is 3.16. The lowest BCUT2D eigenvalue weighted by Crippen LogP contribution is -2.04. The van der Waals surface area contributed by atoms with Gasteiger partial charge in [-0.05, 0) is 17.5 Å². The van der Waals surface area contributed by atoms with Crippen molar-refractivity contribution >= 4 is 11.5 Å². The van der Waals surface area contributed by atoms with Crippen molar-refractivity contribution in [3.8, 4) is 11.5 Å². The van der Waals surface area contributed by atoms with Gasteiger partial charge >= 0.3 is 5.69 Å². The molecular formula is C12H13NO5. The molecule has 6 heteroatoms. The standard InChI is InChI=1S/C12H13NO5/c1-6-4-8(14)10-7(6)5-9(17-2)12(18-3)11(10)13(15)16/h5-6H,4H2,1-3H3. The number of rotatable bonds is 3. The summed E-state index contributed by atoms with van der Waals surface area (Å²) >= 11 is 0. The van der Waals surface area contributed by atoms with Crippen molar-refractivity contribution in [1.29, 1.82) is 0 Å². The number of hydrogen-bond donors (Lipinski definition) is 0. The molecule has 0 bridgehead atoms. The van der Waals surface area contributed by atoms with Crippen LogP contribution >= 0.6 is 0 Å². The summed E-state index contributed by atoms with van der Waals surface area (Å²) in [5.41, 5.74) is 0.524. The maximum atomic E-state index is 11.9. The summed E-state index contributed by atoms with van der Waals surface area (Å²) in [5.74, 6) is 0.0318. The van der Waals surface area contributed by atoms with Gasteiger partial charge in [0.25, 0.3) is 0 Å². The van der Waals surface area contributed by atoms with Crippen LogP contribution in [0.2, 0.25) is 0 Å². The zero-order valence-electron chi connectivity index (χ0n) is 10.4. The van der Waals surface area contributed by atoms with Gasteiger partial charge in [0.1, 0.15) is 5.56 Å². The first kappa shape index (κ1) is 12.3. The lowest BCUT2D eigenvalue weighted by Gasteiger charge is -2.12. The van der Waals surface area contributed by atoms with Gasteiger partial charge in [0, 0.05) is 6.42 Å². The Morgan fingerprint density at radius 2 is 2.06 bits per heavy atom. The van der Waals surface area contributed by atoms with E-state index in [-0.39, 0.29) is 40.9 Å². The topological polar surface area (TPSA) is 78.7 Å². The molecule has 0 saturated heterocycles. The number of ether oxygens (including phenoxy) is 2. The Morgan fingerprint density at radius 1 is 1.39 bits per heavy atom. The van der Waals surface area contributed by atoms with Crippen molar-refractivity contribution in [2.75, 3.05) is 14.2 Å².